The van der Waals surface area contributed by atoms with E-state index in [2.05, 4.69) is 4.57 Å². The number of fused-ring (bicyclic) bond motifs is 2. The molecule has 5 rings (SSSR count). The summed E-state index contributed by atoms with van der Waals surface area (Å²) < 4.78 is 7.50. The second-order valence-corrected chi connectivity index (χ2v) is 6.98. The minimum Gasteiger partial charge on any atom is -0.422 e. The third-order valence-corrected chi connectivity index (χ3v) is 5.28. The highest BCUT2D eigenvalue weighted by atomic mass is 16.5. The molecule has 2 heterocycles. The molecule has 3 aromatic carbocycles. The van der Waals surface area contributed by atoms with Crippen molar-refractivity contribution >= 4 is 28.7 Å². The van der Waals surface area contributed by atoms with Crippen LogP contribution in [-0.4, -0.2) is 16.3 Å². The summed E-state index contributed by atoms with van der Waals surface area (Å²) >= 11 is 0. The fourth-order valence-corrected chi connectivity index (χ4v) is 3.92. The average molecular weight is 379 g/mol. The number of ketones is 1. The number of Topliss-reactive ketones (excluding diaryl/α,β-unsaturated/α-hetero) is 1. The molecule has 0 fully saturated rings. The van der Waals surface area contributed by atoms with Crippen LogP contribution in [0, 0.1) is 0 Å². The number of hydrogen-bond acceptors (Lipinski definition) is 3. The average Bonchev–Trinajstić information content (AvgIpc) is 3.03. The number of aryl methyl sites for hydroxylation is 1. The molecule has 140 valence electrons. The zero-order valence-electron chi connectivity index (χ0n) is 15.8. The smallest absolute Gasteiger partial charge is 0.347 e. The minimum atomic E-state index is -0.624. The molecule has 0 N–H and O–H groups in total. The highest BCUT2D eigenvalue weighted by molar-refractivity contribution is 6.30. The Morgan fingerprint density at radius 3 is 2.34 bits per heavy atom. The van der Waals surface area contributed by atoms with Crippen LogP contribution >= 0.6 is 0 Å². The van der Waals surface area contributed by atoms with Crippen molar-refractivity contribution in [2.75, 3.05) is 0 Å². The molecule has 0 bridgehead atoms. The van der Waals surface area contributed by atoms with E-state index in [1.807, 2.05) is 61.6 Å². The lowest BCUT2D eigenvalue weighted by Crippen LogP contribution is -2.25. The second-order valence-electron chi connectivity index (χ2n) is 6.98. The van der Waals surface area contributed by atoms with Crippen LogP contribution in [0.4, 0.5) is 0 Å². The number of para-hydroxylation sites is 2. The van der Waals surface area contributed by atoms with Crippen LogP contribution in [0.1, 0.15) is 15.9 Å². The van der Waals surface area contributed by atoms with Gasteiger partial charge in [0.1, 0.15) is 11.3 Å². The van der Waals surface area contributed by atoms with E-state index < -0.39 is 5.97 Å². The number of carbonyl (C=O) groups is 2. The van der Waals surface area contributed by atoms with Gasteiger partial charge in [-0.05, 0) is 29.8 Å². The molecule has 0 aliphatic carbocycles. The number of ether oxygens (including phenoxy) is 1. The largest absolute Gasteiger partial charge is 0.422 e. The summed E-state index contributed by atoms with van der Waals surface area (Å²) in [5.74, 6) is -0.634. The van der Waals surface area contributed by atoms with Crippen LogP contribution in [0.5, 0.6) is 5.75 Å². The SMILES string of the molecule is Cn1c(-c2ccccc2)c(/C=C2\C(=O)Oc3ccccc3C2=O)c2ccccc21. The summed E-state index contributed by atoms with van der Waals surface area (Å²) in [6, 6.07) is 24.7. The van der Waals surface area contributed by atoms with E-state index in [1.165, 1.54) is 0 Å². The number of aromatic nitrogens is 1. The van der Waals surface area contributed by atoms with Crippen molar-refractivity contribution in [3.63, 3.8) is 0 Å². The van der Waals surface area contributed by atoms with Crippen molar-refractivity contribution in [3.05, 3.63) is 95.6 Å². The summed E-state index contributed by atoms with van der Waals surface area (Å²) in [6.07, 6.45) is 1.67. The number of rotatable bonds is 2. The van der Waals surface area contributed by atoms with E-state index in [-0.39, 0.29) is 11.4 Å². The van der Waals surface area contributed by atoms with Gasteiger partial charge in [-0.2, -0.15) is 0 Å². The Balaban J connectivity index is 1.78. The van der Waals surface area contributed by atoms with Gasteiger partial charge in [-0.3, -0.25) is 4.79 Å². The monoisotopic (exact) mass is 379 g/mol. The van der Waals surface area contributed by atoms with Crippen LogP contribution in [-0.2, 0) is 11.8 Å². The van der Waals surface area contributed by atoms with E-state index in [0.29, 0.717) is 11.3 Å². The Bertz CT molecular complexity index is 1310. The van der Waals surface area contributed by atoms with Gasteiger partial charge in [0.25, 0.3) is 0 Å². The molecule has 0 unspecified atom stereocenters. The van der Waals surface area contributed by atoms with Crippen LogP contribution in [0.2, 0.25) is 0 Å². The first kappa shape index (κ1) is 17.2. The molecule has 0 atom stereocenters. The summed E-state index contributed by atoms with van der Waals surface area (Å²) in [5, 5.41) is 0.973. The standard InChI is InChI=1S/C25H17NO3/c1-26-21-13-7-5-11-17(21)19(23(26)16-9-3-2-4-10-16)15-20-24(27)18-12-6-8-14-22(18)29-25(20)28/h2-15H,1H3/b20-15-. The van der Waals surface area contributed by atoms with Gasteiger partial charge < -0.3 is 9.30 Å². The van der Waals surface area contributed by atoms with Gasteiger partial charge in [-0.25, -0.2) is 4.79 Å². The first-order chi connectivity index (χ1) is 14.1. The molecule has 0 radical (unpaired) electrons. The van der Waals surface area contributed by atoms with Crippen molar-refractivity contribution in [2.24, 2.45) is 7.05 Å². The van der Waals surface area contributed by atoms with Gasteiger partial charge in [-0.15, -0.1) is 0 Å². The Kier molecular flexibility index (Phi) is 3.91. The second kappa shape index (κ2) is 6.60. The van der Waals surface area contributed by atoms with Crippen LogP contribution in [0.25, 0.3) is 28.2 Å². The van der Waals surface area contributed by atoms with E-state index in [1.54, 1.807) is 30.3 Å². The number of hydrogen-bond donors (Lipinski definition) is 0. The molecule has 1 aliphatic rings. The van der Waals surface area contributed by atoms with E-state index in [9.17, 15) is 9.59 Å². The van der Waals surface area contributed by atoms with Gasteiger partial charge in [-0.1, -0.05) is 60.7 Å². The third kappa shape index (κ3) is 2.69. The fourth-order valence-electron chi connectivity index (χ4n) is 3.92. The summed E-state index contributed by atoms with van der Waals surface area (Å²) in [7, 11) is 1.99. The summed E-state index contributed by atoms with van der Waals surface area (Å²) in [5.41, 5.74) is 4.25. The van der Waals surface area contributed by atoms with Gasteiger partial charge in [0.2, 0.25) is 5.78 Å². The maximum Gasteiger partial charge on any atom is 0.347 e. The van der Waals surface area contributed by atoms with Crippen molar-refractivity contribution in [1.29, 1.82) is 0 Å². The van der Waals surface area contributed by atoms with Gasteiger partial charge in [0.15, 0.2) is 0 Å². The molecule has 1 aliphatic heterocycles. The quantitative estimate of drug-likeness (QED) is 0.212. The van der Waals surface area contributed by atoms with Gasteiger partial charge in [0.05, 0.1) is 11.3 Å². The lowest BCUT2D eigenvalue weighted by molar-refractivity contribution is -0.130. The van der Waals surface area contributed by atoms with Crippen molar-refractivity contribution in [1.82, 2.24) is 4.57 Å². The predicted octanol–water partition coefficient (Wildman–Crippen LogP) is 5.03. The van der Waals surface area contributed by atoms with Gasteiger partial charge in [0, 0.05) is 23.5 Å². The zero-order valence-corrected chi connectivity index (χ0v) is 15.8. The number of esters is 1. The number of nitrogens with zero attached hydrogens (tertiary/aromatic N) is 1. The van der Waals surface area contributed by atoms with E-state index in [4.69, 9.17) is 4.74 Å². The summed E-state index contributed by atoms with van der Waals surface area (Å²) in [4.78, 5) is 25.7. The number of benzene rings is 3. The molecule has 0 saturated heterocycles. The van der Waals surface area contributed by atoms with Crippen LogP contribution in [0.15, 0.2) is 84.4 Å². The molecule has 0 saturated carbocycles. The maximum atomic E-state index is 13.0. The van der Waals surface area contributed by atoms with Crippen molar-refractivity contribution in [2.45, 2.75) is 0 Å². The molecule has 4 aromatic rings. The molecule has 29 heavy (non-hydrogen) atoms. The molecule has 4 nitrogen and oxygen atoms in total. The molecule has 0 amide bonds. The maximum absolute atomic E-state index is 13.0. The Hall–Kier alpha value is -3.92. The molecule has 0 spiro atoms. The predicted molar refractivity (Wildman–Crippen MR) is 113 cm³/mol. The molecular weight excluding hydrogens is 362 g/mol. The topological polar surface area (TPSA) is 48.3 Å². The molecule has 1 aromatic heterocycles. The summed E-state index contributed by atoms with van der Waals surface area (Å²) in [6.45, 7) is 0. The molecular formula is C25H17NO3. The Labute approximate surface area is 167 Å². The lowest BCUT2D eigenvalue weighted by atomic mass is 9.96. The fraction of sp³-hybridized carbons (Fsp3) is 0.0400. The Morgan fingerprint density at radius 2 is 1.52 bits per heavy atom. The molecule has 4 heteroatoms. The minimum absolute atomic E-state index is 0.0391. The highest BCUT2D eigenvalue weighted by Gasteiger charge is 2.31. The van der Waals surface area contributed by atoms with Crippen LogP contribution in [0.3, 0.4) is 0 Å². The van der Waals surface area contributed by atoms with Crippen molar-refractivity contribution in [3.8, 4) is 17.0 Å². The van der Waals surface area contributed by atoms with Crippen molar-refractivity contribution < 1.29 is 14.3 Å². The third-order valence-electron chi connectivity index (χ3n) is 5.28. The van der Waals surface area contributed by atoms with E-state index >= 15 is 0 Å². The Morgan fingerprint density at radius 1 is 0.828 bits per heavy atom. The van der Waals surface area contributed by atoms with Gasteiger partial charge >= 0.3 is 5.97 Å². The van der Waals surface area contributed by atoms with E-state index in [0.717, 1.165) is 27.7 Å². The lowest BCUT2D eigenvalue weighted by Gasteiger charge is -2.16. The number of carbonyl (C=O) groups excluding carboxylic acids is 2. The highest BCUT2D eigenvalue weighted by Crippen LogP contribution is 2.36. The zero-order chi connectivity index (χ0) is 20.0. The first-order valence-corrected chi connectivity index (χ1v) is 9.35. The normalized spacial score (nSPS) is 14.9. The first-order valence-electron chi connectivity index (χ1n) is 9.35. The van der Waals surface area contributed by atoms with Crippen LogP contribution < -0.4 is 4.74 Å².